The average Bonchev–Trinajstić information content (AvgIpc) is 2.45. The van der Waals surface area contributed by atoms with Crippen molar-refractivity contribution in [3.8, 4) is 0 Å². The summed E-state index contributed by atoms with van der Waals surface area (Å²) in [5, 5.41) is 0. The van der Waals surface area contributed by atoms with Gasteiger partial charge in [0.05, 0.1) is 0 Å². The highest BCUT2D eigenvalue weighted by molar-refractivity contribution is 9.10. The van der Waals surface area contributed by atoms with Crippen LogP contribution in [0, 0.1) is 0 Å². The SMILES string of the molecule is CC(C)c1nc(Br)c2ncccn12. The molecule has 0 radical (unpaired) electrons. The molecule has 0 aliphatic carbocycles. The van der Waals surface area contributed by atoms with E-state index in [0.717, 1.165) is 16.1 Å². The van der Waals surface area contributed by atoms with Gasteiger partial charge in [-0.15, -0.1) is 0 Å². The van der Waals surface area contributed by atoms with E-state index in [-0.39, 0.29) is 0 Å². The minimum Gasteiger partial charge on any atom is -0.287 e. The third-order valence-electron chi connectivity index (χ3n) is 1.91. The van der Waals surface area contributed by atoms with Crippen molar-refractivity contribution in [2.24, 2.45) is 0 Å². The molecule has 2 heterocycles. The molecule has 0 aliphatic rings. The minimum atomic E-state index is 0.406. The van der Waals surface area contributed by atoms with Crippen LogP contribution >= 0.6 is 15.9 Å². The lowest BCUT2D eigenvalue weighted by Crippen LogP contribution is -1.96. The van der Waals surface area contributed by atoms with Crippen LogP contribution in [0.2, 0.25) is 0 Å². The summed E-state index contributed by atoms with van der Waals surface area (Å²) >= 11 is 3.39. The van der Waals surface area contributed by atoms with E-state index in [1.54, 1.807) is 6.20 Å². The molecule has 0 spiro atoms. The maximum atomic E-state index is 4.41. The summed E-state index contributed by atoms with van der Waals surface area (Å²) in [6.07, 6.45) is 3.75. The van der Waals surface area contributed by atoms with Gasteiger partial charge in [0.1, 0.15) is 5.82 Å². The van der Waals surface area contributed by atoms with Gasteiger partial charge in [0.15, 0.2) is 10.3 Å². The smallest absolute Gasteiger partial charge is 0.171 e. The molecule has 0 atom stereocenters. The zero-order valence-electron chi connectivity index (χ0n) is 7.53. The number of aromatic nitrogens is 3. The molecule has 2 rings (SSSR count). The molecule has 2 aromatic heterocycles. The summed E-state index contributed by atoms with van der Waals surface area (Å²) in [5.74, 6) is 1.44. The fourth-order valence-corrected chi connectivity index (χ4v) is 1.80. The van der Waals surface area contributed by atoms with Crippen LogP contribution in [0.3, 0.4) is 0 Å². The van der Waals surface area contributed by atoms with Crippen molar-refractivity contribution < 1.29 is 0 Å². The van der Waals surface area contributed by atoms with Crippen molar-refractivity contribution >= 4 is 21.6 Å². The third-order valence-corrected chi connectivity index (χ3v) is 2.44. The van der Waals surface area contributed by atoms with E-state index in [4.69, 9.17) is 0 Å². The van der Waals surface area contributed by atoms with Gasteiger partial charge in [-0.25, -0.2) is 9.97 Å². The summed E-state index contributed by atoms with van der Waals surface area (Å²) in [7, 11) is 0. The molecule has 0 fully saturated rings. The van der Waals surface area contributed by atoms with Gasteiger partial charge in [-0.2, -0.15) is 0 Å². The first-order valence-corrected chi connectivity index (χ1v) is 4.98. The topological polar surface area (TPSA) is 30.2 Å². The first-order valence-electron chi connectivity index (χ1n) is 4.18. The average molecular weight is 240 g/mol. The fraction of sp³-hybridized carbons (Fsp3) is 0.333. The Bertz CT molecular complexity index is 433. The van der Waals surface area contributed by atoms with Crippen molar-refractivity contribution in [3.05, 3.63) is 28.9 Å². The molecule has 68 valence electrons. The molecule has 3 nitrogen and oxygen atoms in total. The lowest BCUT2D eigenvalue weighted by Gasteiger charge is -2.01. The highest BCUT2D eigenvalue weighted by Crippen LogP contribution is 2.21. The molecule has 0 amide bonds. The van der Waals surface area contributed by atoms with Crippen molar-refractivity contribution in [2.75, 3.05) is 0 Å². The molecule has 4 heteroatoms. The van der Waals surface area contributed by atoms with Crippen molar-refractivity contribution in [1.82, 2.24) is 14.4 Å². The monoisotopic (exact) mass is 239 g/mol. The van der Waals surface area contributed by atoms with E-state index < -0.39 is 0 Å². The lowest BCUT2D eigenvalue weighted by atomic mass is 10.2. The van der Waals surface area contributed by atoms with E-state index in [1.807, 2.05) is 16.7 Å². The highest BCUT2D eigenvalue weighted by Gasteiger charge is 2.11. The standard InChI is InChI=1S/C9H10BrN3/c1-6(2)8-12-7(10)9-11-4-3-5-13(8)9/h3-6H,1-2H3. The Labute approximate surface area is 85.0 Å². The Morgan fingerprint density at radius 3 is 2.92 bits per heavy atom. The molecule has 0 bridgehead atoms. The van der Waals surface area contributed by atoms with E-state index in [1.165, 1.54) is 0 Å². The normalized spacial score (nSPS) is 11.4. The van der Waals surface area contributed by atoms with Gasteiger partial charge in [-0.1, -0.05) is 13.8 Å². The molecule has 2 aromatic rings. The zero-order chi connectivity index (χ0) is 9.42. The van der Waals surface area contributed by atoms with Crippen LogP contribution < -0.4 is 0 Å². The summed E-state index contributed by atoms with van der Waals surface area (Å²) in [4.78, 5) is 8.64. The quantitative estimate of drug-likeness (QED) is 0.766. The Morgan fingerprint density at radius 1 is 1.46 bits per heavy atom. The first kappa shape index (κ1) is 8.69. The number of rotatable bonds is 1. The minimum absolute atomic E-state index is 0.406. The maximum absolute atomic E-state index is 4.41. The van der Waals surface area contributed by atoms with Crippen LogP contribution in [0.4, 0.5) is 0 Å². The number of nitrogens with zero attached hydrogens (tertiary/aromatic N) is 3. The van der Waals surface area contributed by atoms with Gasteiger partial charge < -0.3 is 0 Å². The van der Waals surface area contributed by atoms with Crippen LogP contribution in [0.25, 0.3) is 5.65 Å². The summed E-state index contributed by atoms with van der Waals surface area (Å²) in [6, 6.07) is 1.91. The van der Waals surface area contributed by atoms with Crippen molar-refractivity contribution in [2.45, 2.75) is 19.8 Å². The van der Waals surface area contributed by atoms with Crippen LogP contribution in [0.5, 0.6) is 0 Å². The molecule has 0 N–H and O–H groups in total. The molecule has 13 heavy (non-hydrogen) atoms. The molecule has 0 saturated carbocycles. The van der Waals surface area contributed by atoms with E-state index in [2.05, 4.69) is 39.7 Å². The van der Waals surface area contributed by atoms with Gasteiger partial charge in [-0.3, -0.25) is 4.40 Å². The van der Waals surface area contributed by atoms with E-state index >= 15 is 0 Å². The fourth-order valence-electron chi connectivity index (χ4n) is 1.32. The van der Waals surface area contributed by atoms with Crippen LogP contribution in [0.1, 0.15) is 25.6 Å². The zero-order valence-corrected chi connectivity index (χ0v) is 9.12. The number of halogens is 1. The number of fused-ring (bicyclic) bond motifs is 1. The number of imidazole rings is 1. The predicted molar refractivity (Wildman–Crippen MR) is 54.8 cm³/mol. The molecule has 0 unspecified atom stereocenters. The largest absolute Gasteiger partial charge is 0.287 e. The number of hydrogen-bond acceptors (Lipinski definition) is 2. The van der Waals surface area contributed by atoms with Crippen molar-refractivity contribution in [1.29, 1.82) is 0 Å². The second kappa shape index (κ2) is 3.10. The van der Waals surface area contributed by atoms with Crippen LogP contribution in [0.15, 0.2) is 23.1 Å². The van der Waals surface area contributed by atoms with Gasteiger partial charge in [-0.05, 0) is 22.0 Å². The molecular formula is C9H10BrN3. The second-order valence-corrected chi connectivity index (χ2v) is 3.98. The van der Waals surface area contributed by atoms with Gasteiger partial charge >= 0.3 is 0 Å². The Balaban J connectivity index is 2.78. The first-order chi connectivity index (χ1) is 6.20. The Kier molecular flexibility index (Phi) is 2.07. The molecular weight excluding hydrogens is 230 g/mol. The van der Waals surface area contributed by atoms with Crippen LogP contribution in [-0.2, 0) is 0 Å². The van der Waals surface area contributed by atoms with Gasteiger partial charge in [0.2, 0.25) is 0 Å². The molecule has 0 aromatic carbocycles. The predicted octanol–water partition coefficient (Wildman–Crippen LogP) is 2.62. The summed E-state index contributed by atoms with van der Waals surface area (Å²) in [5.41, 5.74) is 0.881. The van der Waals surface area contributed by atoms with E-state index in [9.17, 15) is 0 Å². The summed E-state index contributed by atoms with van der Waals surface area (Å²) < 4.78 is 2.83. The summed E-state index contributed by atoms with van der Waals surface area (Å²) in [6.45, 7) is 4.24. The maximum Gasteiger partial charge on any atom is 0.171 e. The van der Waals surface area contributed by atoms with Gasteiger partial charge in [0.25, 0.3) is 0 Å². The Hall–Kier alpha value is -0.900. The van der Waals surface area contributed by atoms with Crippen molar-refractivity contribution in [3.63, 3.8) is 0 Å². The lowest BCUT2D eigenvalue weighted by molar-refractivity contribution is 0.767. The molecule has 0 saturated heterocycles. The highest BCUT2D eigenvalue weighted by atomic mass is 79.9. The number of hydrogen-bond donors (Lipinski definition) is 0. The third kappa shape index (κ3) is 1.35. The molecule has 0 aliphatic heterocycles. The van der Waals surface area contributed by atoms with E-state index in [0.29, 0.717) is 5.92 Å². The van der Waals surface area contributed by atoms with Crippen LogP contribution in [-0.4, -0.2) is 14.4 Å². The van der Waals surface area contributed by atoms with Gasteiger partial charge in [0, 0.05) is 18.3 Å². The second-order valence-electron chi connectivity index (χ2n) is 3.23. The Morgan fingerprint density at radius 2 is 2.23 bits per heavy atom.